The second kappa shape index (κ2) is 6.78. The number of imide groups is 1. The monoisotopic (exact) mass is 496 g/mol. The van der Waals surface area contributed by atoms with Crippen molar-refractivity contribution >= 4 is 56.6 Å². The van der Waals surface area contributed by atoms with Gasteiger partial charge in [0, 0.05) is 10.0 Å². The molecule has 5 aliphatic rings. The third-order valence-electron chi connectivity index (χ3n) is 7.21. The first-order valence-electron chi connectivity index (χ1n) is 10.4. The zero-order valence-corrected chi connectivity index (χ0v) is 18.6. The Kier molecular flexibility index (Phi) is 4.21. The molecule has 31 heavy (non-hydrogen) atoms. The van der Waals surface area contributed by atoms with E-state index in [2.05, 4.69) is 33.4 Å². The predicted molar refractivity (Wildman–Crippen MR) is 121 cm³/mol. The minimum atomic E-state index is -0.356. The topological polar surface area (TPSA) is 66.5 Å². The summed E-state index contributed by atoms with van der Waals surface area (Å²) >= 11 is 9.54. The van der Waals surface area contributed by atoms with Crippen LogP contribution in [0.1, 0.15) is 16.8 Å². The molecule has 5 nitrogen and oxygen atoms in total. The van der Waals surface area contributed by atoms with Gasteiger partial charge in [0.2, 0.25) is 11.8 Å². The van der Waals surface area contributed by atoms with Crippen molar-refractivity contribution in [1.82, 2.24) is 0 Å². The fraction of sp³-hybridized carbons (Fsp3) is 0.292. The zero-order chi connectivity index (χ0) is 21.4. The van der Waals surface area contributed by atoms with Gasteiger partial charge in [-0.3, -0.25) is 14.4 Å². The van der Waals surface area contributed by atoms with Gasteiger partial charge < -0.3 is 5.32 Å². The Balaban J connectivity index is 1.28. The lowest BCUT2D eigenvalue weighted by Crippen LogP contribution is -2.40. The lowest BCUT2D eigenvalue weighted by molar-refractivity contribution is -0.124. The van der Waals surface area contributed by atoms with Crippen LogP contribution in [0.2, 0.25) is 5.02 Å². The number of halogens is 2. The largest absolute Gasteiger partial charge is 0.321 e. The molecule has 3 amide bonds. The van der Waals surface area contributed by atoms with Crippen LogP contribution in [0.15, 0.2) is 59.1 Å². The Morgan fingerprint density at radius 3 is 2.32 bits per heavy atom. The number of nitrogens with zero attached hydrogens (tertiary/aromatic N) is 1. The van der Waals surface area contributed by atoms with Crippen molar-refractivity contribution in [2.75, 3.05) is 10.2 Å². The van der Waals surface area contributed by atoms with E-state index in [0.717, 1.165) is 10.9 Å². The molecule has 2 aromatic carbocycles. The zero-order valence-electron chi connectivity index (χ0n) is 16.3. The van der Waals surface area contributed by atoms with Gasteiger partial charge >= 0.3 is 0 Å². The van der Waals surface area contributed by atoms with Crippen LogP contribution < -0.4 is 10.2 Å². The number of hydrogen-bond acceptors (Lipinski definition) is 3. The summed E-state index contributed by atoms with van der Waals surface area (Å²) in [7, 11) is 0. The van der Waals surface area contributed by atoms with Gasteiger partial charge in [0.1, 0.15) is 0 Å². The highest BCUT2D eigenvalue weighted by molar-refractivity contribution is 9.10. The summed E-state index contributed by atoms with van der Waals surface area (Å²) in [5.41, 5.74) is 1.30. The summed E-state index contributed by atoms with van der Waals surface area (Å²) in [6, 6.07) is 11.9. The molecule has 6 unspecified atom stereocenters. The third kappa shape index (κ3) is 2.84. The molecule has 2 saturated carbocycles. The van der Waals surface area contributed by atoms with Gasteiger partial charge in [-0.1, -0.05) is 45.7 Å². The number of carbonyl (C=O) groups excluding carboxylic acids is 3. The molecule has 6 atom stereocenters. The molecule has 0 aromatic heterocycles. The van der Waals surface area contributed by atoms with Gasteiger partial charge in [-0.2, -0.15) is 0 Å². The Hall–Kier alpha value is -2.44. The second-order valence-electron chi connectivity index (χ2n) is 8.80. The minimum Gasteiger partial charge on any atom is -0.321 e. The van der Waals surface area contributed by atoms with Gasteiger partial charge in [-0.15, -0.1) is 0 Å². The molecular weight excluding hydrogens is 480 g/mol. The van der Waals surface area contributed by atoms with E-state index in [1.807, 2.05) is 0 Å². The van der Waals surface area contributed by atoms with Crippen LogP contribution >= 0.6 is 27.5 Å². The summed E-state index contributed by atoms with van der Waals surface area (Å²) in [5.74, 6) is 0.323. The first-order valence-corrected chi connectivity index (χ1v) is 11.5. The molecule has 2 aromatic rings. The van der Waals surface area contributed by atoms with Crippen LogP contribution in [0.5, 0.6) is 0 Å². The van der Waals surface area contributed by atoms with E-state index in [-0.39, 0.29) is 41.4 Å². The van der Waals surface area contributed by atoms with Gasteiger partial charge in [-0.05, 0) is 66.5 Å². The molecule has 0 spiro atoms. The Morgan fingerprint density at radius 2 is 1.68 bits per heavy atom. The molecule has 1 saturated heterocycles. The molecule has 2 bridgehead atoms. The quantitative estimate of drug-likeness (QED) is 0.484. The van der Waals surface area contributed by atoms with Crippen LogP contribution in [0.3, 0.4) is 0 Å². The maximum atomic E-state index is 13.3. The van der Waals surface area contributed by atoms with Gasteiger partial charge in [0.25, 0.3) is 5.91 Å². The summed E-state index contributed by atoms with van der Waals surface area (Å²) in [6.07, 6.45) is 5.44. The van der Waals surface area contributed by atoms with E-state index in [0.29, 0.717) is 33.8 Å². The normalized spacial score (nSPS) is 32.1. The fourth-order valence-corrected chi connectivity index (χ4v) is 6.50. The van der Waals surface area contributed by atoms with Crippen LogP contribution in [0, 0.1) is 35.5 Å². The first kappa shape index (κ1) is 19.3. The number of nitrogens with one attached hydrogen (secondary N) is 1. The molecule has 0 radical (unpaired) electrons. The van der Waals surface area contributed by atoms with E-state index in [4.69, 9.17) is 11.6 Å². The van der Waals surface area contributed by atoms with E-state index in [1.165, 1.54) is 4.90 Å². The molecule has 1 N–H and O–H groups in total. The maximum absolute atomic E-state index is 13.3. The van der Waals surface area contributed by atoms with Crippen molar-refractivity contribution in [3.63, 3.8) is 0 Å². The summed E-state index contributed by atoms with van der Waals surface area (Å²) < 4.78 is 0.811. The lowest BCUT2D eigenvalue weighted by atomic mass is 9.63. The molecule has 7 heteroatoms. The number of rotatable bonds is 3. The number of amides is 3. The number of anilines is 2. The van der Waals surface area contributed by atoms with Gasteiger partial charge in [0.15, 0.2) is 0 Å². The molecule has 1 heterocycles. The number of benzene rings is 2. The highest BCUT2D eigenvalue weighted by Gasteiger charge is 2.67. The molecule has 7 rings (SSSR count). The van der Waals surface area contributed by atoms with Crippen LogP contribution in [0.4, 0.5) is 11.4 Å². The smallest absolute Gasteiger partial charge is 0.255 e. The molecule has 1 aliphatic heterocycles. The number of allylic oxidation sites excluding steroid dienone is 2. The summed E-state index contributed by atoms with van der Waals surface area (Å²) in [6.45, 7) is 0. The lowest BCUT2D eigenvalue weighted by Gasteiger charge is -2.37. The van der Waals surface area contributed by atoms with E-state index in [9.17, 15) is 14.4 Å². The van der Waals surface area contributed by atoms with Crippen LogP contribution in [-0.2, 0) is 9.59 Å². The van der Waals surface area contributed by atoms with Crippen molar-refractivity contribution in [2.45, 2.75) is 6.42 Å². The Morgan fingerprint density at radius 1 is 1.00 bits per heavy atom. The Labute approximate surface area is 192 Å². The highest BCUT2D eigenvalue weighted by atomic mass is 79.9. The average molecular weight is 498 g/mol. The minimum absolute atomic E-state index is 0.131. The van der Waals surface area contributed by atoms with Crippen molar-refractivity contribution in [2.24, 2.45) is 35.5 Å². The average Bonchev–Trinajstić information content (AvgIpc) is 3.53. The first-order chi connectivity index (χ1) is 14.9. The summed E-state index contributed by atoms with van der Waals surface area (Å²) in [4.78, 5) is 40.7. The summed E-state index contributed by atoms with van der Waals surface area (Å²) in [5, 5.41) is 3.20. The standard InChI is InChI=1S/C24H18BrClN2O3/c25-12-4-7-19(18(26)9-12)27-22(29)11-2-1-3-13(8-11)28-23(30)20-14-5-6-15(17-10-16(14)17)21(20)24(28)31/h1-9,14-17,20-21H,10H2,(H,27,29). The SMILES string of the molecule is O=C(Nc1ccc(Br)cc1Cl)c1cccc(N2C(=O)C3C4C=CC(C5CC45)C3C2=O)c1. The predicted octanol–water partition coefficient (Wildman–Crippen LogP) is 4.91. The fourth-order valence-electron chi connectivity index (χ4n) is 5.78. The molecule has 156 valence electrons. The van der Waals surface area contributed by atoms with E-state index in [1.54, 1.807) is 42.5 Å². The molecule has 4 aliphatic carbocycles. The van der Waals surface area contributed by atoms with E-state index >= 15 is 0 Å². The molecule has 3 fully saturated rings. The van der Waals surface area contributed by atoms with Crippen LogP contribution in [-0.4, -0.2) is 17.7 Å². The second-order valence-corrected chi connectivity index (χ2v) is 10.1. The Bertz CT molecular complexity index is 1160. The van der Waals surface area contributed by atoms with E-state index < -0.39 is 0 Å². The van der Waals surface area contributed by atoms with Crippen LogP contribution in [0.25, 0.3) is 0 Å². The third-order valence-corrected chi connectivity index (χ3v) is 8.01. The van der Waals surface area contributed by atoms with Crippen molar-refractivity contribution in [3.05, 3.63) is 69.7 Å². The number of hydrogen-bond donors (Lipinski definition) is 1. The number of carbonyl (C=O) groups is 3. The highest BCUT2D eigenvalue weighted by Crippen LogP contribution is 2.65. The van der Waals surface area contributed by atoms with Crippen molar-refractivity contribution < 1.29 is 14.4 Å². The van der Waals surface area contributed by atoms with Gasteiger partial charge in [0.05, 0.1) is 28.2 Å². The van der Waals surface area contributed by atoms with Gasteiger partial charge in [-0.25, -0.2) is 4.90 Å². The maximum Gasteiger partial charge on any atom is 0.255 e. The van der Waals surface area contributed by atoms with Crippen molar-refractivity contribution in [1.29, 1.82) is 0 Å². The molecular formula is C24H18BrClN2O3. The van der Waals surface area contributed by atoms with Crippen molar-refractivity contribution in [3.8, 4) is 0 Å².